The molecule has 3 aromatic rings. The largest absolute Gasteiger partial charge is 0.355 e. The second kappa shape index (κ2) is 9.93. The van der Waals surface area contributed by atoms with Crippen LogP contribution < -0.4 is 5.32 Å². The third kappa shape index (κ3) is 5.72. The van der Waals surface area contributed by atoms with E-state index in [4.69, 9.17) is 0 Å². The second-order valence-electron chi connectivity index (χ2n) is 8.04. The molecule has 0 spiro atoms. The minimum atomic E-state index is -0.00933. The van der Waals surface area contributed by atoms with Gasteiger partial charge in [-0.2, -0.15) is 5.10 Å². The molecule has 1 amide bonds. The van der Waals surface area contributed by atoms with Crippen molar-refractivity contribution in [2.75, 3.05) is 12.3 Å². The van der Waals surface area contributed by atoms with Gasteiger partial charge in [-0.1, -0.05) is 44.7 Å². The summed E-state index contributed by atoms with van der Waals surface area (Å²) in [6, 6.07) is 10.4. The molecule has 1 N–H and O–H groups in total. The fraction of sp³-hybridized carbons (Fsp3) is 0.455. The summed E-state index contributed by atoms with van der Waals surface area (Å²) >= 11 is 1.39. The van der Waals surface area contributed by atoms with Crippen LogP contribution in [0.25, 0.3) is 5.69 Å². The first-order chi connectivity index (χ1) is 14.3. The van der Waals surface area contributed by atoms with Gasteiger partial charge >= 0.3 is 0 Å². The summed E-state index contributed by atoms with van der Waals surface area (Å²) in [7, 11) is 0. The van der Waals surface area contributed by atoms with Gasteiger partial charge in [0.2, 0.25) is 5.91 Å². The fourth-order valence-electron chi connectivity index (χ4n) is 3.21. The van der Waals surface area contributed by atoms with E-state index in [0.717, 1.165) is 23.6 Å². The molecule has 0 aliphatic rings. The number of nitrogens with zero attached hydrogens (tertiary/aromatic N) is 5. The molecule has 3 rings (SSSR count). The molecule has 0 radical (unpaired) electrons. The third-order valence-electron chi connectivity index (χ3n) is 4.92. The van der Waals surface area contributed by atoms with Crippen molar-refractivity contribution in [2.45, 2.75) is 52.2 Å². The van der Waals surface area contributed by atoms with Gasteiger partial charge in [0, 0.05) is 24.5 Å². The predicted octanol–water partition coefficient (Wildman–Crippen LogP) is 3.75. The van der Waals surface area contributed by atoms with Crippen LogP contribution in [0.4, 0.5) is 0 Å². The molecule has 30 heavy (non-hydrogen) atoms. The Morgan fingerprint density at radius 2 is 1.90 bits per heavy atom. The normalized spacial score (nSPS) is 12.3. The number of aromatic nitrogens is 5. The first-order valence-corrected chi connectivity index (χ1v) is 11.2. The Morgan fingerprint density at radius 3 is 2.53 bits per heavy atom. The van der Waals surface area contributed by atoms with Gasteiger partial charge in [0.05, 0.1) is 11.4 Å². The molecular weight excluding hydrogens is 396 g/mol. The Labute approximate surface area is 182 Å². The molecule has 0 saturated carbocycles. The summed E-state index contributed by atoms with van der Waals surface area (Å²) in [6.07, 6.45) is 1.68. The molecular formula is C22H30N6OS. The van der Waals surface area contributed by atoms with Gasteiger partial charge in [-0.25, -0.2) is 0 Å². The number of aryl methyl sites for hydroxylation is 2. The summed E-state index contributed by atoms with van der Waals surface area (Å²) in [5, 5.41) is 16.4. The van der Waals surface area contributed by atoms with Gasteiger partial charge in [-0.15, -0.1) is 10.2 Å². The van der Waals surface area contributed by atoms with Crippen LogP contribution in [0.5, 0.6) is 0 Å². The average Bonchev–Trinajstić information content (AvgIpc) is 3.30. The van der Waals surface area contributed by atoms with Crippen molar-refractivity contribution in [1.82, 2.24) is 29.9 Å². The Hall–Kier alpha value is -2.61. The molecule has 7 nitrogen and oxygen atoms in total. The van der Waals surface area contributed by atoms with Gasteiger partial charge in [0.25, 0.3) is 0 Å². The highest BCUT2D eigenvalue weighted by Gasteiger charge is 2.12. The van der Waals surface area contributed by atoms with Crippen LogP contribution >= 0.6 is 11.8 Å². The maximum Gasteiger partial charge on any atom is 0.230 e. The number of rotatable bonds is 9. The molecule has 0 fully saturated rings. The lowest BCUT2D eigenvalue weighted by Gasteiger charge is -2.14. The summed E-state index contributed by atoms with van der Waals surface area (Å²) in [6.45, 7) is 11.9. The maximum atomic E-state index is 12.3. The smallest absolute Gasteiger partial charge is 0.230 e. The zero-order chi connectivity index (χ0) is 21.7. The first-order valence-electron chi connectivity index (χ1n) is 10.2. The second-order valence-corrected chi connectivity index (χ2v) is 8.98. The van der Waals surface area contributed by atoms with Crippen LogP contribution in [-0.2, 0) is 11.3 Å². The number of hydrogen-bond acceptors (Lipinski definition) is 5. The van der Waals surface area contributed by atoms with Crippen molar-refractivity contribution >= 4 is 17.7 Å². The Morgan fingerprint density at radius 1 is 1.17 bits per heavy atom. The Bertz CT molecular complexity index is 976. The van der Waals surface area contributed by atoms with Gasteiger partial charge in [0.15, 0.2) is 5.16 Å². The standard InChI is InChI=1S/C22H30N6OS/c1-15(2)19-6-8-20(9-7-19)27-14-24-25-22(27)30-13-21(29)23-11-16(3)12-28-18(5)10-17(4)26-28/h6-10,14-16H,11-13H2,1-5H3,(H,23,29). The summed E-state index contributed by atoms with van der Waals surface area (Å²) in [5.41, 5.74) is 4.44. The minimum Gasteiger partial charge on any atom is -0.355 e. The third-order valence-corrected chi connectivity index (χ3v) is 5.87. The molecule has 2 heterocycles. The highest BCUT2D eigenvalue weighted by atomic mass is 32.2. The van der Waals surface area contributed by atoms with E-state index >= 15 is 0 Å². The van der Waals surface area contributed by atoms with Crippen molar-refractivity contribution < 1.29 is 4.79 Å². The lowest BCUT2D eigenvalue weighted by Crippen LogP contribution is -2.31. The van der Waals surface area contributed by atoms with E-state index in [-0.39, 0.29) is 5.91 Å². The van der Waals surface area contributed by atoms with Gasteiger partial charge < -0.3 is 5.32 Å². The number of carbonyl (C=O) groups is 1. The van der Waals surface area contributed by atoms with E-state index in [1.54, 1.807) is 6.33 Å². The van der Waals surface area contributed by atoms with E-state index in [1.165, 1.54) is 17.3 Å². The quantitative estimate of drug-likeness (QED) is 0.527. The van der Waals surface area contributed by atoms with E-state index in [2.05, 4.69) is 78.6 Å². The highest BCUT2D eigenvalue weighted by molar-refractivity contribution is 7.99. The number of amides is 1. The van der Waals surface area contributed by atoms with Gasteiger partial charge in [-0.3, -0.25) is 14.0 Å². The molecule has 0 aliphatic heterocycles. The topological polar surface area (TPSA) is 77.6 Å². The van der Waals surface area contributed by atoms with Crippen LogP contribution in [0.2, 0.25) is 0 Å². The molecule has 8 heteroatoms. The zero-order valence-corrected chi connectivity index (χ0v) is 19.1. The summed E-state index contributed by atoms with van der Waals surface area (Å²) < 4.78 is 3.90. The lowest BCUT2D eigenvalue weighted by molar-refractivity contribution is -0.118. The molecule has 0 saturated heterocycles. The molecule has 0 aliphatic carbocycles. The SMILES string of the molecule is Cc1cc(C)n(CC(C)CNC(=O)CSc2nncn2-c2ccc(C(C)C)cc2)n1. The molecule has 1 unspecified atom stereocenters. The molecule has 1 aromatic carbocycles. The number of benzene rings is 1. The molecule has 0 bridgehead atoms. The van der Waals surface area contributed by atoms with Gasteiger partial charge in [0.1, 0.15) is 6.33 Å². The molecule has 1 atom stereocenters. The van der Waals surface area contributed by atoms with Crippen molar-refractivity contribution in [3.63, 3.8) is 0 Å². The van der Waals surface area contributed by atoms with Crippen LogP contribution in [0.15, 0.2) is 41.8 Å². The highest BCUT2D eigenvalue weighted by Crippen LogP contribution is 2.21. The predicted molar refractivity (Wildman–Crippen MR) is 120 cm³/mol. The monoisotopic (exact) mass is 426 g/mol. The maximum absolute atomic E-state index is 12.3. The fourth-order valence-corrected chi connectivity index (χ4v) is 3.97. The van der Waals surface area contributed by atoms with Crippen molar-refractivity contribution in [3.8, 4) is 5.69 Å². The Kier molecular flexibility index (Phi) is 7.31. The lowest BCUT2D eigenvalue weighted by atomic mass is 10.0. The van der Waals surface area contributed by atoms with Crippen LogP contribution in [0, 0.1) is 19.8 Å². The van der Waals surface area contributed by atoms with Crippen LogP contribution in [0.1, 0.15) is 43.6 Å². The number of carbonyl (C=O) groups excluding carboxylic acids is 1. The number of thioether (sulfide) groups is 1. The molecule has 2 aromatic heterocycles. The summed E-state index contributed by atoms with van der Waals surface area (Å²) in [4.78, 5) is 12.3. The van der Waals surface area contributed by atoms with E-state index in [1.807, 2.05) is 16.2 Å². The molecule has 160 valence electrons. The summed E-state index contributed by atoms with van der Waals surface area (Å²) in [5.74, 6) is 1.07. The first kappa shape index (κ1) is 22.1. The van der Waals surface area contributed by atoms with E-state index in [9.17, 15) is 4.79 Å². The number of hydrogen-bond donors (Lipinski definition) is 1. The minimum absolute atomic E-state index is 0.00933. The van der Waals surface area contributed by atoms with Gasteiger partial charge in [-0.05, 0) is 49.4 Å². The van der Waals surface area contributed by atoms with Crippen molar-refractivity contribution in [2.24, 2.45) is 5.92 Å². The van der Waals surface area contributed by atoms with E-state index < -0.39 is 0 Å². The Balaban J connectivity index is 1.49. The number of nitrogens with one attached hydrogen (secondary N) is 1. The van der Waals surface area contributed by atoms with Crippen molar-refractivity contribution in [3.05, 3.63) is 53.6 Å². The van der Waals surface area contributed by atoms with Crippen LogP contribution in [-0.4, -0.2) is 42.7 Å². The average molecular weight is 427 g/mol. The van der Waals surface area contributed by atoms with Crippen molar-refractivity contribution in [1.29, 1.82) is 0 Å². The zero-order valence-electron chi connectivity index (χ0n) is 18.3. The van der Waals surface area contributed by atoms with E-state index in [0.29, 0.717) is 29.3 Å². The van der Waals surface area contributed by atoms with Crippen LogP contribution in [0.3, 0.4) is 0 Å².